The van der Waals surface area contributed by atoms with Gasteiger partial charge in [-0.2, -0.15) is 0 Å². The molecule has 2 saturated heterocycles. The van der Waals surface area contributed by atoms with E-state index in [1.165, 1.54) is 0 Å². The van der Waals surface area contributed by atoms with E-state index in [1.807, 2.05) is 51.9 Å². The van der Waals surface area contributed by atoms with E-state index in [0.717, 1.165) is 68.5 Å². The molecule has 0 radical (unpaired) electrons. The standard InChI is InChI=1S/C24H28N4O2/c29-23(27-14-6-7-15-27)22(18-8-2-1-3-9-18)26-16-12-19(13-17-26)28-21-11-5-4-10-20(21)25-24(28)30/h1-5,8-11,19,22H,6-7,12-17H2,(H,25,30)/t22-/m0/s1. The van der Waals surface area contributed by atoms with Gasteiger partial charge < -0.3 is 9.88 Å². The number of hydrogen-bond acceptors (Lipinski definition) is 3. The maximum atomic E-state index is 13.4. The van der Waals surface area contributed by atoms with Gasteiger partial charge in [0.2, 0.25) is 5.91 Å². The van der Waals surface area contributed by atoms with E-state index in [1.54, 1.807) is 0 Å². The zero-order valence-electron chi connectivity index (χ0n) is 17.2. The van der Waals surface area contributed by atoms with E-state index in [0.29, 0.717) is 0 Å². The number of carbonyl (C=O) groups excluding carboxylic acids is 1. The molecule has 2 aliphatic heterocycles. The third-order valence-electron chi connectivity index (χ3n) is 6.62. The minimum absolute atomic E-state index is 0.0394. The Labute approximate surface area is 176 Å². The summed E-state index contributed by atoms with van der Waals surface area (Å²) in [6.45, 7) is 3.33. The number of nitrogens with one attached hydrogen (secondary N) is 1. The Hall–Kier alpha value is -2.86. The Bertz CT molecular complexity index is 1070. The SMILES string of the molecule is O=C([C@H](c1ccccc1)N1CCC(n2c(=O)[nH]c3ccccc32)CC1)N1CCCC1. The van der Waals surface area contributed by atoms with Crippen molar-refractivity contribution in [2.24, 2.45) is 0 Å². The fourth-order valence-corrected chi connectivity index (χ4v) is 5.09. The number of imidazole rings is 1. The Kier molecular flexibility index (Phi) is 5.17. The normalized spacial score (nSPS) is 19.4. The highest BCUT2D eigenvalue weighted by atomic mass is 16.2. The van der Waals surface area contributed by atoms with Gasteiger partial charge in [-0.15, -0.1) is 0 Å². The second-order valence-electron chi connectivity index (χ2n) is 8.43. The number of likely N-dealkylation sites (tertiary alicyclic amines) is 2. The molecule has 1 amide bonds. The molecule has 0 spiro atoms. The number of rotatable bonds is 4. The molecule has 0 aliphatic carbocycles. The van der Waals surface area contributed by atoms with Crippen LogP contribution in [0.25, 0.3) is 11.0 Å². The molecule has 2 fully saturated rings. The molecule has 3 aromatic rings. The van der Waals surface area contributed by atoms with Crippen LogP contribution in [0.4, 0.5) is 0 Å². The van der Waals surface area contributed by atoms with Crippen LogP contribution < -0.4 is 5.69 Å². The van der Waals surface area contributed by atoms with Crippen molar-refractivity contribution in [1.29, 1.82) is 0 Å². The molecule has 0 unspecified atom stereocenters. The molecule has 1 atom stereocenters. The van der Waals surface area contributed by atoms with Gasteiger partial charge in [0, 0.05) is 32.2 Å². The van der Waals surface area contributed by atoms with Crippen LogP contribution in [-0.4, -0.2) is 51.4 Å². The predicted molar refractivity (Wildman–Crippen MR) is 117 cm³/mol. The third kappa shape index (κ3) is 3.45. The van der Waals surface area contributed by atoms with Crippen LogP contribution in [0.3, 0.4) is 0 Å². The van der Waals surface area contributed by atoms with E-state index in [4.69, 9.17) is 0 Å². The van der Waals surface area contributed by atoms with Crippen LogP contribution in [0.1, 0.15) is 43.3 Å². The second-order valence-corrected chi connectivity index (χ2v) is 8.43. The van der Waals surface area contributed by atoms with Gasteiger partial charge in [0.15, 0.2) is 0 Å². The predicted octanol–water partition coefficient (Wildman–Crippen LogP) is 3.33. The average Bonchev–Trinajstić information content (AvgIpc) is 3.43. The first kappa shape index (κ1) is 19.1. The second kappa shape index (κ2) is 8.11. The van der Waals surface area contributed by atoms with Crippen molar-refractivity contribution in [3.63, 3.8) is 0 Å². The lowest BCUT2D eigenvalue weighted by Crippen LogP contribution is -2.46. The van der Waals surface area contributed by atoms with Crippen LogP contribution in [0, 0.1) is 0 Å². The summed E-state index contributed by atoms with van der Waals surface area (Å²) in [6, 6.07) is 17.9. The summed E-state index contributed by atoms with van der Waals surface area (Å²) >= 11 is 0. The molecular weight excluding hydrogens is 376 g/mol. The molecule has 1 aromatic heterocycles. The average molecular weight is 405 g/mol. The molecule has 6 nitrogen and oxygen atoms in total. The molecule has 2 aliphatic rings. The lowest BCUT2D eigenvalue weighted by atomic mass is 9.98. The molecule has 30 heavy (non-hydrogen) atoms. The number of fused-ring (bicyclic) bond motifs is 1. The van der Waals surface area contributed by atoms with Crippen LogP contribution in [0.2, 0.25) is 0 Å². The maximum absolute atomic E-state index is 13.4. The van der Waals surface area contributed by atoms with Crippen LogP contribution in [0.15, 0.2) is 59.4 Å². The largest absolute Gasteiger partial charge is 0.341 e. The zero-order chi connectivity index (χ0) is 20.5. The number of aromatic nitrogens is 2. The molecule has 6 heteroatoms. The number of piperidine rings is 1. The van der Waals surface area contributed by atoms with Crippen molar-refractivity contribution in [3.05, 3.63) is 70.6 Å². The smallest absolute Gasteiger partial charge is 0.326 e. The van der Waals surface area contributed by atoms with Crippen molar-refractivity contribution in [2.45, 2.75) is 37.8 Å². The quantitative estimate of drug-likeness (QED) is 0.726. The number of aromatic amines is 1. The lowest BCUT2D eigenvalue weighted by molar-refractivity contribution is -0.136. The fraction of sp³-hybridized carbons (Fsp3) is 0.417. The van der Waals surface area contributed by atoms with Gasteiger partial charge in [-0.25, -0.2) is 4.79 Å². The van der Waals surface area contributed by atoms with E-state index >= 15 is 0 Å². The molecule has 156 valence electrons. The van der Waals surface area contributed by atoms with Crippen molar-refractivity contribution >= 4 is 16.9 Å². The van der Waals surface area contributed by atoms with Gasteiger partial charge in [-0.05, 0) is 43.4 Å². The maximum Gasteiger partial charge on any atom is 0.326 e. The summed E-state index contributed by atoms with van der Waals surface area (Å²) in [6.07, 6.45) is 3.91. The minimum atomic E-state index is -0.232. The number of H-pyrrole nitrogens is 1. The molecule has 3 heterocycles. The Balaban J connectivity index is 1.38. The number of amides is 1. The van der Waals surface area contributed by atoms with Crippen LogP contribution in [0.5, 0.6) is 0 Å². The Morgan fingerprint density at radius 3 is 2.30 bits per heavy atom. The van der Waals surface area contributed by atoms with Crippen molar-refractivity contribution in [2.75, 3.05) is 26.2 Å². The van der Waals surface area contributed by atoms with Crippen LogP contribution >= 0.6 is 0 Å². The number of nitrogens with zero attached hydrogens (tertiary/aromatic N) is 3. The highest BCUT2D eigenvalue weighted by Gasteiger charge is 2.35. The highest BCUT2D eigenvalue weighted by Crippen LogP contribution is 2.32. The van der Waals surface area contributed by atoms with Gasteiger partial charge in [0.05, 0.1) is 11.0 Å². The van der Waals surface area contributed by atoms with Gasteiger partial charge in [0.1, 0.15) is 6.04 Å². The molecular formula is C24H28N4O2. The molecule has 0 saturated carbocycles. The monoisotopic (exact) mass is 404 g/mol. The van der Waals surface area contributed by atoms with Gasteiger partial charge in [-0.3, -0.25) is 14.3 Å². The van der Waals surface area contributed by atoms with Gasteiger partial charge in [0.25, 0.3) is 0 Å². The fourth-order valence-electron chi connectivity index (χ4n) is 5.09. The van der Waals surface area contributed by atoms with E-state index in [9.17, 15) is 9.59 Å². The van der Waals surface area contributed by atoms with Gasteiger partial charge in [-0.1, -0.05) is 42.5 Å². The van der Waals surface area contributed by atoms with Crippen LogP contribution in [-0.2, 0) is 4.79 Å². The first-order valence-electron chi connectivity index (χ1n) is 11.0. The summed E-state index contributed by atoms with van der Waals surface area (Å²) < 4.78 is 1.91. The molecule has 5 rings (SSSR count). The zero-order valence-corrected chi connectivity index (χ0v) is 17.2. The Morgan fingerprint density at radius 1 is 0.900 bits per heavy atom. The summed E-state index contributed by atoms with van der Waals surface area (Å²) in [5, 5.41) is 0. The molecule has 1 N–H and O–H groups in total. The van der Waals surface area contributed by atoms with E-state index < -0.39 is 0 Å². The number of carbonyl (C=O) groups is 1. The topological polar surface area (TPSA) is 61.3 Å². The minimum Gasteiger partial charge on any atom is -0.341 e. The lowest BCUT2D eigenvalue weighted by Gasteiger charge is -2.38. The van der Waals surface area contributed by atoms with Crippen molar-refractivity contribution in [1.82, 2.24) is 19.4 Å². The van der Waals surface area contributed by atoms with Gasteiger partial charge >= 0.3 is 5.69 Å². The summed E-state index contributed by atoms with van der Waals surface area (Å²) in [5.74, 6) is 0.224. The number of para-hydroxylation sites is 2. The highest BCUT2D eigenvalue weighted by molar-refractivity contribution is 5.83. The summed E-state index contributed by atoms with van der Waals surface area (Å²) in [7, 11) is 0. The van der Waals surface area contributed by atoms with E-state index in [2.05, 4.69) is 22.0 Å². The van der Waals surface area contributed by atoms with Crippen molar-refractivity contribution < 1.29 is 4.79 Å². The third-order valence-corrected chi connectivity index (χ3v) is 6.62. The summed E-state index contributed by atoms with van der Waals surface area (Å²) in [5.41, 5.74) is 2.88. The Morgan fingerprint density at radius 2 is 1.57 bits per heavy atom. The molecule has 0 bridgehead atoms. The number of hydrogen-bond donors (Lipinski definition) is 1. The summed E-state index contributed by atoms with van der Waals surface area (Å²) in [4.78, 5) is 33.3. The first-order chi connectivity index (χ1) is 14.7. The van der Waals surface area contributed by atoms with E-state index in [-0.39, 0.29) is 23.7 Å². The number of benzene rings is 2. The first-order valence-corrected chi connectivity index (χ1v) is 11.0. The van der Waals surface area contributed by atoms with Crippen molar-refractivity contribution in [3.8, 4) is 0 Å². The molecule has 2 aromatic carbocycles.